The number of carbonyl (C=O) groups excluding carboxylic acids is 2. The van der Waals surface area contributed by atoms with Crippen molar-refractivity contribution < 1.29 is 38.3 Å². The molecule has 3 heterocycles. The third-order valence-electron chi connectivity index (χ3n) is 3.08. The van der Waals surface area contributed by atoms with E-state index in [1.54, 1.807) is 16.7 Å². The van der Waals surface area contributed by atoms with Crippen molar-refractivity contribution in [3.63, 3.8) is 0 Å². The number of hydrogen-bond acceptors (Lipinski definition) is 7. The molecule has 3 aromatic heterocycles. The van der Waals surface area contributed by atoms with Gasteiger partial charge in [0, 0.05) is 0 Å². The van der Waals surface area contributed by atoms with E-state index in [9.17, 15) is 14.7 Å². The molecule has 116 valence electrons. The Kier molecular flexibility index (Phi) is 5.18. The summed E-state index contributed by atoms with van der Waals surface area (Å²) in [5, 5.41) is 13.4. The first kappa shape index (κ1) is 17.5. The molecule has 10 heteroatoms. The number of carbonyl (C=O) groups is 2. The molecule has 0 atom stereocenters. The van der Waals surface area contributed by atoms with E-state index in [2.05, 4.69) is 25.0 Å². The second-order valence-electron chi connectivity index (χ2n) is 4.48. The minimum absolute atomic E-state index is 0. The quantitative estimate of drug-likeness (QED) is 0.524. The maximum atomic E-state index is 11.1. The molecule has 3 aromatic rings. The summed E-state index contributed by atoms with van der Waals surface area (Å²) in [5.41, 5.74) is 1.54. The monoisotopic (exact) mass is 319 g/mol. The number of nitrogens with one attached hydrogen (secondary N) is 1. The van der Waals surface area contributed by atoms with Crippen LogP contribution >= 0.6 is 0 Å². The number of carboxylic acids is 1. The van der Waals surface area contributed by atoms with E-state index in [4.69, 9.17) is 0 Å². The van der Waals surface area contributed by atoms with Crippen LogP contribution < -0.4 is 29.3 Å². The van der Waals surface area contributed by atoms with Crippen LogP contribution in [0, 0.1) is 0 Å². The van der Waals surface area contributed by atoms with Gasteiger partial charge in [0.2, 0.25) is 0 Å². The molecule has 9 nitrogen and oxygen atoms in total. The number of hydrogen-bond donors (Lipinski definition) is 1. The molecule has 0 fully saturated rings. The third kappa shape index (κ3) is 3.37. The van der Waals surface area contributed by atoms with Crippen molar-refractivity contribution in [1.82, 2.24) is 19.5 Å². The molecule has 24 heavy (non-hydrogen) atoms. The number of ether oxygens (including phenoxy) is 1. The third-order valence-corrected chi connectivity index (χ3v) is 3.08. The number of anilines is 1. The van der Waals surface area contributed by atoms with E-state index in [0.717, 1.165) is 0 Å². The van der Waals surface area contributed by atoms with Crippen molar-refractivity contribution in [2.24, 2.45) is 0 Å². The summed E-state index contributed by atoms with van der Waals surface area (Å²) in [7, 11) is 1.25. The van der Waals surface area contributed by atoms with Crippen molar-refractivity contribution in [1.29, 1.82) is 0 Å². The van der Waals surface area contributed by atoms with Gasteiger partial charge in [-0.2, -0.15) is 0 Å². The number of aromatic nitrogens is 4. The molecule has 0 aliphatic heterocycles. The topological polar surface area (TPSA) is 122 Å². The maximum Gasteiger partial charge on any atom is 1.00 e. The Labute approximate surface area is 147 Å². The van der Waals surface area contributed by atoms with Crippen LogP contribution in [0.3, 0.4) is 0 Å². The van der Waals surface area contributed by atoms with Gasteiger partial charge in [0.15, 0.2) is 0 Å². The van der Waals surface area contributed by atoms with Crippen LogP contribution in [-0.2, 0) is 4.74 Å². The smallest absolute Gasteiger partial charge is 0.543 e. The minimum Gasteiger partial charge on any atom is -0.543 e. The zero-order valence-corrected chi connectivity index (χ0v) is 12.9. The average molecular weight is 319 g/mol. The van der Waals surface area contributed by atoms with Crippen LogP contribution in [0.2, 0.25) is 0 Å². The van der Waals surface area contributed by atoms with Crippen molar-refractivity contribution in [3.8, 4) is 5.69 Å². The Morgan fingerprint density at radius 2 is 2.00 bits per heavy atom. The van der Waals surface area contributed by atoms with E-state index in [-0.39, 0.29) is 24.6 Å². The molecule has 0 saturated heterocycles. The van der Waals surface area contributed by atoms with Crippen LogP contribution in [0.1, 0.15) is 10.5 Å². The van der Waals surface area contributed by atoms with E-state index in [1.165, 1.54) is 31.9 Å². The van der Waals surface area contributed by atoms with Gasteiger partial charge in [-0.25, -0.2) is 14.8 Å². The first-order valence-electron chi connectivity index (χ1n) is 6.44. The number of carboxylic acid groups (broad SMARTS) is 1. The van der Waals surface area contributed by atoms with Gasteiger partial charge >= 0.3 is 25.0 Å². The van der Waals surface area contributed by atoms with Crippen LogP contribution in [0.5, 0.6) is 0 Å². The van der Waals surface area contributed by atoms with E-state index < -0.39 is 12.1 Å². The Bertz CT molecular complexity index is 894. The Morgan fingerprint density at radius 1 is 1.21 bits per heavy atom. The fourth-order valence-electron chi connectivity index (χ4n) is 1.99. The molecular weight excluding hydrogens is 309 g/mol. The van der Waals surface area contributed by atoms with E-state index in [0.29, 0.717) is 22.5 Å². The molecule has 0 aliphatic carbocycles. The van der Waals surface area contributed by atoms with Crippen molar-refractivity contribution in [2.75, 3.05) is 12.4 Å². The number of imidazole rings is 1. The predicted molar refractivity (Wildman–Crippen MR) is 77.0 cm³/mol. The fourth-order valence-corrected chi connectivity index (χ4v) is 1.99. The first-order valence-corrected chi connectivity index (χ1v) is 6.44. The summed E-state index contributed by atoms with van der Waals surface area (Å²) >= 11 is 0. The van der Waals surface area contributed by atoms with Gasteiger partial charge < -0.3 is 14.6 Å². The largest absolute Gasteiger partial charge is 1.00 e. The number of methoxy groups -OCH3 is 1. The first-order chi connectivity index (χ1) is 11.1. The van der Waals surface area contributed by atoms with Gasteiger partial charge in [0.05, 0.1) is 42.4 Å². The minimum atomic E-state index is -1.37. The second-order valence-corrected chi connectivity index (χ2v) is 4.48. The van der Waals surface area contributed by atoms with Crippen molar-refractivity contribution >= 4 is 28.9 Å². The Morgan fingerprint density at radius 3 is 2.62 bits per heavy atom. The summed E-state index contributed by atoms with van der Waals surface area (Å²) in [5.74, 6) is -1.04. The normalized spacial score (nSPS) is 10.0. The van der Waals surface area contributed by atoms with Crippen LogP contribution in [0.25, 0.3) is 16.7 Å². The van der Waals surface area contributed by atoms with Crippen LogP contribution in [0.15, 0.2) is 36.9 Å². The maximum absolute atomic E-state index is 11.1. The zero-order chi connectivity index (χ0) is 16.4. The summed E-state index contributed by atoms with van der Waals surface area (Å²) < 4.78 is 6.13. The molecule has 1 N–H and O–H groups in total. The SMILES string of the molecule is COC(=O)Nc1ccc(-n2cnc3cnc(C(=O)[O-])cc32)cn1.[Li+]. The van der Waals surface area contributed by atoms with Crippen LogP contribution in [0.4, 0.5) is 10.6 Å². The molecule has 1 amide bonds. The predicted octanol–water partition coefficient (Wildman–Crippen LogP) is -2.64. The molecule has 0 aliphatic rings. The number of aromatic carboxylic acids is 1. The van der Waals surface area contributed by atoms with Crippen molar-refractivity contribution in [3.05, 3.63) is 42.6 Å². The number of fused-ring (bicyclic) bond motifs is 1. The number of amides is 1. The standard InChI is InChI=1S/C14H11N5O4.Li/c1-23-14(22)18-12-3-2-8(5-16-12)19-7-17-10-6-15-9(13(20)21)4-11(10)19;/h2-7H,1H3,(H,20,21)(H,16,18,22);/q;+1/p-1. The fraction of sp³-hybridized carbons (Fsp3) is 0.0714. The van der Waals surface area contributed by atoms with E-state index in [1.807, 2.05) is 0 Å². The summed E-state index contributed by atoms with van der Waals surface area (Å²) in [4.78, 5) is 34.0. The molecule has 0 bridgehead atoms. The zero-order valence-electron chi connectivity index (χ0n) is 12.9. The summed E-state index contributed by atoms with van der Waals surface area (Å²) in [6, 6.07) is 4.65. The molecule has 0 aromatic carbocycles. The number of nitrogens with zero attached hydrogens (tertiary/aromatic N) is 4. The molecule has 0 saturated carbocycles. The number of rotatable bonds is 3. The van der Waals surface area contributed by atoms with Crippen molar-refractivity contribution in [2.45, 2.75) is 0 Å². The van der Waals surface area contributed by atoms with Gasteiger partial charge in [-0.1, -0.05) is 0 Å². The molecule has 3 rings (SSSR count). The Hall–Kier alpha value is -2.89. The molecule has 0 radical (unpaired) electrons. The van der Waals surface area contributed by atoms with Gasteiger partial charge in [-0.15, -0.1) is 0 Å². The van der Waals surface area contributed by atoms with E-state index >= 15 is 0 Å². The van der Waals surface area contributed by atoms with Gasteiger partial charge in [0.25, 0.3) is 0 Å². The van der Waals surface area contributed by atoms with Gasteiger partial charge in [-0.05, 0) is 18.2 Å². The average Bonchev–Trinajstić information content (AvgIpc) is 2.98. The summed E-state index contributed by atoms with van der Waals surface area (Å²) in [6.07, 6.45) is 3.77. The van der Waals surface area contributed by atoms with Gasteiger partial charge in [-0.3, -0.25) is 14.9 Å². The molecular formula is C14H10LiN5O4. The van der Waals surface area contributed by atoms with Crippen LogP contribution in [-0.4, -0.2) is 38.7 Å². The molecule has 0 unspecified atom stereocenters. The molecule has 0 spiro atoms. The number of pyridine rings is 2. The summed E-state index contributed by atoms with van der Waals surface area (Å²) in [6.45, 7) is 0. The second kappa shape index (κ2) is 7.12. The Balaban J connectivity index is 0.00000208. The van der Waals surface area contributed by atoms with Gasteiger partial charge in [0.1, 0.15) is 17.7 Å².